The van der Waals surface area contributed by atoms with Crippen LogP contribution in [0.1, 0.15) is 15.9 Å². The van der Waals surface area contributed by atoms with Gasteiger partial charge in [0.05, 0.1) is 0 Å². The number of pyridine rings is 1. The van der Waals surface area contributed by atoms with Crippen molar-refractivity contribution in [1.29, 1.82) is 0 Å². The molecule has 2 rings (SSSR count). The molecule has 92 valence electrons. The molecule has 0 aliphatic heterocycles. The number of rotatable bonds is 3. The first-order valence-corrected chi connectivity index (χ1v) is 5.90. The molecule has 1 aromatic carbocycles. The maximum absolute atomic E-state index is 13.5. The van der Waals surface area contributed by atoms with Crippen LogP contribution in [-0.4, -0.2) is 10.8 Å². The van der Waals surface area contributed by atoms with E-state index < -0.39 is 5.82 Å². The van der Waals surface area contributed by atoms with Gasteiger partial charge in [-0.1, -0.05) is 29.3 Å². The molecule has 1 heterocycles. The Morgan fingerprint density at radius 3 is 2.61 bits per heavy atom. The first-order valence-electron chi connectivity index (χ1n) is 5.15. The lowest BCUT2D eigenvalue weighted by Gasteiger charge is -2.03. The van der Waals surface area contributed by atoms with Crippen LogP contribution in [-0.2, 0) is 6.42 Å². The van der Waals surface area contributed by atoms with Crippen LogP contribution >= 0.6 is 23.2 Å². The number of hydrogen-bond acceptors (Lipinski definition) is 2. The summed E-state index contributed by atoms with van der Waals surface area (Å²) >= 11 is 11.3. The van der Waals surface area contributed by atoms with Crippen LogP contribution in [0.15, 0.2) is 36.5 Å². The van der Waals surface area contributed by atoms with Crippen LogP contribution in [0, 0.1) is 5.82 Å². The largest absolute Gasteiger partial charge is 0.294 e. The minimum atomic E-state index is -0.488. The number of nitrogens with zero attached hydrogens (tertiary/aromatic N) is 1. The van der Waals surface area contributed by atoms with Gasteiger partial charge in [0, 0.05) is 23.2 Å². The zero-order valence-corrected chi connectivity index (χ0v) is 10.7. The zero-order valence-electron chi connectivity index (χ0n) is 9.16. The highest BCUT2D eigenvalue weighted by Gasteiger charge is 2.11. The number of carbonyl (C=O) groups is 1. The molecule has 0 bridgehead atoms. The van der Waals surface area contributed by atoms with Crippen LogP contribution in [0.3, 0.4) is 0 Å². The number of carbonyl (C=O) groups excluding carboxylic acids is 1. The number of benzene rings is 1. The molecule has 0 radical (unpaired) electrons. The number of Topliss-reactive ketones (excluding diaryl/α,β-unsaturated/α-hetero) is 1. The van der Waals surface area contributed by atoms with Gasteiger partial charge in [0.25, 0.3) is 0 Å². The van der Waals surface area contributed by atoms with Crippen molar-refractivity contribution in [2.24, 2.45) is 0 Å². The van der Waals surface area contributed by atoms with Crippen molar-refractivity contribution in [1.82, 2.24) is 4.98 Å². The summed E-state index contributed by atoms with van der Waals surface area (Å²) in [4.78, 5) is 15.7. The van der Waals surface area contributed by atoms with Crippen molar-refractivity contribution in [3.63, 3.8) is 0 Å². The Kier molecular flexibility index (Phi) is 3.94. The van der Waals surface area contributed by atoms with Crippen LogP contribution in [0.2, 0.25) is 10.2 Å². The fraction of sp³-hybridized carbons (Fsp3) is 0.0769. The summed E-state index contributed by atoms with van der Waals surface area (Å²) in [6.45, 7) is 0. The van der Waals surface area contributed by atoms with Gasteiger partial charge in [-0.3, -0.25) is 4.79 Å². The van der Waals surface area contributed by atoms with Crippen molar-refractivity contribution in [2.75, 3.05) is 0 Å². The van der Waals surface area contributed by atoms with Gasteiger partial charge < -0.3 is 0 Å². The zero-order chi connectivity index (χ0) is 13.1. The normalized spacial score (nSPS) is 10.4. The van der Waals surface area contributed by atoms with Crippen molar-refractivity contribution in [3.8, 4) is 0 Å². The van der Waals surface area contributed by atoms with E-state index in [1.54, 1.807) is 12.1 Å². The number of hydrogen-bond donors (Lipinski definition) is 0. The van der Waals surface area contributed by atoms with Gasteiger partial charge in [0.15, 0.2) is 5.78 Å². The summed E-state index contributed by atoms with van der Waals surface area (Å²) in [5.41, 5.74) is 0.702. The van der Waals surface area contributed by atoms with Gasteiger partial charge in [-0.05, 0) is 29.8 Å². The Hall–Kier alpha value is -1.45. The maximum Gasteiger partial charge on any atom is 0.168 e. The topological polar surface area (TPSA) is 30.0 Å². The molecule has 18 heavy (non-hydrogen) atoms. The Morgan fingerprint density at radius 2 is 2.00 bits per heavy atom. The number of aromatic nitrogens is 1. The third kappa shape index (κ3) is 3.06. The average Bonchev–Trinajstić information content (AvgIpc) is 2.33. The first-order chi connectivity index (χ1) is 8.56. The lowest BCUT2D eigenvalue weighted by Crippen LogP contribution is -2.05. The monoisotopic (exact) mass is 283 g/mol. The second kappa shape index (κ2) is 5.46. The van der Waals surface area contributed by atoms with Crippen molar-refractivity contribution < 1.29 is 9.18 Å². The van der Waals surface area contributed by atoms with E-state index in [0.29, 0.717) is 21.3 Å². The van der Waals surface area contributed by atoms with E-state index in [9.17, 15) is 9.18 Å². The molecule has 5 heteroatoms. The van der Waals surface area contributed by atoms with Gasteiger partial charge in [-0.25, -0.2) is 9.37 Å². The van der Waals surface area contributed by atoms with E-state index in [1.807, 2.05) is 0 Å². The molecule has 2 aromatic rings. The summed E-state index contributed by atoms with van der Waals surface area (Å²) in [7, 11) is 0. The summed E-state index contributed by atoms with van der Waals surface area (Å²) in [5.74, 6) is -0.710. The smallest absolute Gasteiger partial charge is 0.168 e. The fourth-order valence-electron chi connectivity index (χ4n) is 1.48. The SMILES string of the molecule is O=C(Cc1ccc(Cl)cc1F)c1ccc(Cl)nc1. The van der Waals surface area contributed by atoms with Crippen LogP contribution in [0.25, 0.3) is 0 Å². The molecule has 2 nitrogen and oxygen atoms in total. The van der Waals surface area contributed by atoms with Crippen LogP contribution in [0.5, 0.6) is 0 Å². The summed E-state index contributed by atoms with van der Waals surface area (Å²) in [5, 5.41) is 0.612. The molecule has 0 atom stereocenters. The van der Waals surface area contributed by atoms with Gasteiger partial charge in [0.2, 0.25) is 0 Å². The number of halogens is 3. The Bertz CT molecular complexity index is 584. The van der Waals surface area contributed by atoms with Crippen molar-refractivity contribution in [3.05, 3.63) is 63.6 Å². The van der Waals surface area contributed by atoms with Gasteiger partial charge in [0.1, 0.15) is 11.0 Å². The summed E-state index contributed by atoms with van der Waals surface area (Å²) in [6, 6.07) is 7.31. The minimum absolute atomic E-state index is 0.0354. The maximum atomic E-state index is 13.5. The molecule has 0 unspecified atom stereocenters. The minimum Gasteiger partial charge on any atom is -0.294 e. The first kappa shape index (κ1) is 13.0. The van der Waals surface area contributed by atoms with Gasteiger partial charge >= 0.3 is 0 Å². The molecule has 0 saturated carbocycles. The van der Waals surface area contributed by atoms with E-state index >= 15 is 0 Å². The highest BCUT2D eigenvalue weighted by atomic mass is 35.5. The second-order valence-corrected chi connectivity index (χ2v) is 4.53. The fourth-order valence-corrected chi connectivity index (χ4v) is 1.75. The Labute approximate surface area is 113 Å². The third-order valence-corrected chi connectivity index (χ3v) is 2.87. The highest BCUT2D eigenvalue weighted by molar-refractivity contribution is 6.30. The predicted octanol–water partition coefficient (Wildman–Crippen LogP) is 3.95. The molecule has 0 saturated heterocycles. The molecule has 0 N–H and O–H groups in total. The molecular formula is C13H8Cl2FNO. The third-order valence-electron chi connectivity index (χ3n) is 2.42. The second-order valence-electron chi connectivity index (χ2n) is 3.71. The van der Waals surface area contributed by atoms with E-state index in [4.69, 9.17) is 23.2 Å². The highest BCUT2D eigenvalue weighted by Crippen LogP contribution is 2.17. The lowest BCUT2D eigenvalue weighted by molar-refractivity contribution is 0.0991. The molecular weight excluding hydrogens is 276 g/mol. The number of ketones is 1. The quantitative estimate of drug-likeness (QED) is 0.631. The van der Waals surface area contributed by atoms with E-state index in [1.165, 1.54) is 24.4 Å². The molecule has 0 fully saturated rings. The summed E-state index contributed by atoms with van der Waals surface area (Å²) < 4.78 is 13.5. The van der Waals surface area contributed by atoms with Gasteiger partial charge in [-0.2, -0.15) is 0 Å². The Morgan fingerprint density at radius 1 is 1.22 bits per heavy atom. The Balaban J connectivity index is 2.18. The van der Waals surface area contributed by atoms with E-state index in [2.05, 4.69) is 4.98 Å². The average molecular weight is 284 g/mol. The van der Waals surface area contributed by atoms with E-state index in [0.717, 1.165) is 0 Å². The molecule has 0 spiro atoms. The van der Waals surface area contributed by atoms with Crippen molar-refractivity contribution >= 4 is 29.0 Å². The standard InChI is InChI=1S/C13H8Cl2FNO/c14-10-3-1-8(11(16)6-10)5-12(18)9-2-4-13(15)17-7-9/h1-4,6-7H,5H2. The molecule has 1 aromatic heterocycles. The molecule has 0 aliphatic carbocycles. The predicted molar refractivity (Wildman–Crippen MR) is 68.7 cm³/mol. The summed E-state index contributed by atoms with van der Waals surface area (Å²) in [6.07, 6.45) is 1.34. The van der Waals surface area contributed by atoms with Crippen LogP contribution < -0.4 is 0 Å². The molecule has 0 amide bonds. The van der Waals surface area contributed by atoms with Crippen LogP contribution in [0.4, 0.5) is 4.39 Å². The lowest BCUT2D eigenvalue weighted by atomic mass is 10.0. The molecule has 0 aliphatic rings. The van der Waals surface area contributed by atoms with E-state index in [-0.39, 0.29) is 12.2 Å². The van der Waals surface area contributed by atoms with Gasteiger partial charge in [-0.15, -0.1) is 0 Å². The van der Waals surface area contributed by atoms with Crippen molar-refractivity contribution in [2.45, 2.75) is 6.42 Å².